The van der Waals surface area contributed by atoms with Crippen LogP contribution >= 0.6 is 0 Å². The number of benzene rings is 1. The van der Waals surface area contributed by atoms with Gasteiger partial charge in [0.15, 0.2) is 0 Å². The molecule has 4 heteroatoms. The Kier molecular flexibility index (Phi) is 4.70. The maximum Gasteiger partial charge on any atom is 0.255 e. The summed E-state index contributed by atoms with van der Waals surface area (Å²) in [7, 11) is 0. The Labute approximate surface area is 124 Å². The Morgan fingerprint density at radius 2 is 2.10 bits per heavy atom. The molecule has 21 heavy (non-hydrogen) atoms. The maximum absolute atomic E-state index is 12.4. The number of nitrogens with two attached hydrogens (primary N) is 1. The predicted molar refractivity (Wildman–Crippen MR) is 84.0 cm³/mol. The third kappa shape index (κ3) is 3.91. The highest BCUT2D eigenvalue weighted by Crippen LogP contribution is 2.14. The smallest absolute Gasteiger partial charge is 0.255 e. The maximum atomic E-state index is 12.4. The number of aryl methyl sites for hydroxylation is 2. The van der Waals surface area contributed by atoms with Gasteiger partial charge < -0.3 is 11.1 Å². The monoisotopic (exact) mass is 279 g/mol. The van der Waals surface area contributed by atoms with Crippen molar-refractivity contribution in [2.24, 2.45) is 5.73 Å². The van der Waals surface area contributed by atoms with Gasteiger partial charge in [-0.2, -0.15) is 0 Å². The van der Waals surface area contributed by atoms with Crippen molar-refractivity contribution in [3.8, 4) is 11.8 Å². The Hall–Kier alpha value is -2.64. The molecule has 106 valence electrons. The molecule has 0 radical (unpaired) electrons. The van der Waals surface area contributed by atoms with Crippen molar-refractivity contribution in [2.45, 2.75) is 13.8 Å². The van der Waals surface area contributed by atoms with Crippen LogP contribution in [-0.2, 0) is 0 Å². The molecule has 0 aliphatic heterocycles. The Balaban J connectivity index is 2.26. The summed E-state index contributed by atoms with van der Waals surface area (Å²) in [6, 6.07) is 9.13. The minimum Gasteiger partial charge on any atom is -0.322 e. The number of hydrogen-bond acceptors (Lipinski definition) is 3. The number of pyridine rings is 1. The molecule has 0 atom stereocenters. The van der Waals surface area contributed by atoms with Gasteiger partial charge in [-0.3, -0.25) is 9.78 Å². The summed E-state index contributed by atoms with van der Waals surface area (Å²) in [5.74, 6) is 5.56. The largest absolute Gasteiger partial charge is 0.322 e. The summed E-state index contributed by atoms with van der Waals surface area (Å²) >= 11 is 0. The van der Waals surface area contributed by atoms with Crippen molar-refractivity contribution >= 4 is 11.6 Å². The summed E-state index contributed by atoms with van der Waals surface area (Å²) in [6.45, 7) is 4.07. The first-order valence-corrected chi connectivity index (χ1v) is 6.64. The van der Waals surface area contributed by atoms with Crippen molar-refractivity contribution in [1.29, 1.82) is 0 Å². The first-order valence-electron chi connectivity index (χ1n) is 6.64. The standard InChI is InChI=1S/C17H17N3O/c1-12-5-6-14(4-3-8-18)11-16(12)17(21)20-15-7-9-19-13(2)10-15/h5-7,9-11H,8,18H2,1-2H3,(H,19,20,21). The molecule has 0 saturated carbocycles. The zero-order valence-corrected chi connectivity index (χ0v) is 12.1. The molecule has 0 spiro atoms. The fourth-order valence-electron chi connectivity index (χ4n) is 1.92. The van der Waals surface area contributed by atoms with E-state index in [0.717, 1.165) is 22.5 Å². The second-order valence-electron chi connectivity index (χ2n) is 4.68. The highest BCUT2D eigenvalue weighted by atomic mass is 16.1. The molecule has 0 fully saturated rings. The van der Waals surface area contributed by atoms with Crippen molar-refractivity contribution < 1.29 is 4.79 Å². The van der Waals surface area contributed by atoms with Gasteiger partial charge in [-0.1, -0.05) is 17.9 Å². The Bertz CT molecular complexity index is 726. The Morgan fingerprint density at radius 1 is 1.29 bits per heavy atom. The van der Waals surface area contributed by atoms with Crippen LogP contribution in [0, 0.1) is 25.7 Å². The molecule has 1 amide bonds. The predicted octanol–water partition coefficient (Wildman–Crippen LogP) is 2.26. The topological polar surface area (TPSA) is 68.0 Å². The Morgan fingerprint density at radius 3 is 2.81 bits per heavy atom. The lowest BCUT2D eigenvalue weighted by molar-refractivity contribution is 0.102. The van der Waals surface area contributed by atoms with Crippen LogP contribution < -0.4 is 11.1 Å². The van der Waals surface area contributed by atoms with Crippen LogP contribution in [0.2, 0.25) is 0 Å². The van der Waals surface area contributed by atoms with E-state index in [-0.39, 0.29) is 5.91 Å². The SMILES string of the molecule is Cc1cc(NC(=O)c2cc(C#CCN)ccc2C)ccn1. The molecule has 3 N–H and O–H groups in total. The molecule has 2 rings (SSSR count). The number of carbonyl (C=O) groups excluding carboxylic acids is 1. The second kappa shape index (κ2) is 6.69. The van der Waals surface area contributed by atoms with Gasteiger partial charge in [-0.15, -0.1) is 0 Å². The van der Waals surface area contributed by atoms with Gasteiger partial charge in [0.2, 0.25) is 0 Å². The number of nitrogens with one attached hydrogen (secondary N) is 1. The fourth-order valence-corrected chi connectivity index (χ4v) is 1.92. The van der Waals surface area contributed by atoms with Crippen LogP contribution in [0.25, 0.3) is 0 Å². The molecule has 2 aromatic rings. The van der Waals surface area contributed by atoms with Gasteiger partial charge >= 0.3 is 0 Å². The van der Waals surface area contributed by atoms with E-state index in [1.54, 1.807) is 18.3 Å². The van der Waals surface area contributed by atoms with Crippen LogP contribution in [0.15, 0.2) is 36.5 Å². The number of nitrogens with zero attached hydrogens (tertiary/aromatic N) is 1. The lowest BCUT2D eigenvalue weighted by atomic mass is 10.0. The summed E-state index contributed by atoms with van der Waals surface area (Å²) in [6.07, 6.45) is 1.67. The summed E-state index contributed by atoms with van der Waals surface area (Å²) in [4.78, 5) is 16.5. The molecular weight excluding hydrogens is 262 g/mol. The van der Waals surface area contributed by atoms with Crippen molar-refractivity contribution in [3.05, 3.63) is 58.9 Å². The lowest BCUT2D eigenvalue weighted by Crippen LogP contribution is -2.13. The minimum atomic E-state index is -0.158. The zero-order chi connectivity index (χ0) is 15.2. The van der Waals surface area contributed by atoms with Gasteiger partial charge in [-0.05, 0) is 43.7 Å². The number of carbonyl (C=O) groups is 1. The van der Waals surface area contributed by atoms with E-state index < -0.39 is 0 Å². The number of aromatic nitrogens is 1. The fraction of sp³-hybridized carbons (Fsp3) is 0.176. The first kappa shape index (κ1) is 14.8. The molecule has 1 aromatic heterocycles. The van der Waals surface area contributed by atoms with Crippen LogP contribution in [-0.4, -0.2) is 17.4 Å². The normalized spacial score (nSPS) is 9.67. The van der Waals surface area contributed by atoms with E-state index in [9.17, 15) is 4.79 Å². The van der Waals surface area contributed by atoms with E-state index in [1.165, 1.54) is 0 Å². The summed E-state index contributed by atoms with van der Waals surface area (Å²) in [5.41, 5.74) is 9.23. The van der Waals surface area contributed by atoms with E-state index >= 15 is 0 Å². The van der Waals surface area contributed by atoms with Crippen LogP contribution in [0.5, 0.6) is 0 Å². The number of hydrogen-bond donors (Lipinski definition) is 2. The molecule has 4 nitrogen and oxygen atoms in total. The second-order valence-corrected chi connectivity index (χ2v) is 4.68. The molecular formula is C17H17N3O. The van der Waals surface area contributed by atoms with Gasteiger partial charge in [0.1, 0.15) is 0 Å². The van der Waals surface area contributed by atoms with Crippen LogP contribution in [0.4, 0.5) is 5.69 Å². The van der Waals surface area contributed by atoms with Gasteiger partial charge in [-0.25, -0.2) is 0 Å². The van der Waals surface area contributed by atoms with Crippen molar-refractivity contribution in [3.63, 3.8) is 0 Å². The summed E-state index contributed by atoms with van der Waals surface area (Å²) < 4.78 is 0. The highest BCUT2D eigenvalue weighted by Gasteiger charge is 2.10. The van der Waals surface area contributed by atoms with E-state index in [1.807, 2.05) is 32.0 Å². The highest BCUT2D eigenvalue weighted by molar-refractivity contribution is 6.05. The minimum absolute atomic E-state index is 0.158. The molecule has 0 saturated heterocycles. The van der Waals surface area contributed by atoms with Crippen molar-refractivity contribution in [2.75, 3.05) is 11.9 Å². The van der Waals surface area contributed by atoms with Gasteiger partial charge in [0, 0.05) is 28.7 Å². The van der Waals surface area contributed by atoms with E-state index in [2.05, 4.69) is 22.1 Å². The van der Waals surface area contributed by atoms with E-state index in [4.69, 9.17) is 5.73 Å². The zero-order valence-electron chi connectivity index (χ0n) is 12.1. The lowest BCUT2D eigenvalue weighted by Gasteiger charge is -2.08. The third-order valence-electron chi connectivity index (χ3n) is 2.97. The van der Waals surface area contributed by atoms with Crippen LogP contribution in [0.1, 0.15) is 27.2 Å². The summed E-state index contributed by atoms with van der Waals surface area (Å²) in [5, 5.41) is 2.87. The molecule has 0 aliphatic rings. The molecule has 1 heterocycles. The van der Waals surface area contributed by atoms with E-state index in [0.29, 0.717) is 12.1 Å². The first-order chi connectivity index (χ1) is 10.1. The van der Waals surface area contributed by atoms with Crippen LogP contribution in [0.3, 0.4) is 0 Å². The van der Waals surface area contributed by atoms with Gasteiger partial charge in [0.25, 0.3) is 5.91 Å². The quantitative estimate of drug-likeness (QED) is 0.829. The van der Waals surface area contributed by atoms with Crippen molar-refractivity contribution in [1.82, 2.24) is 4.98 Å². The number of anilines is 1. The number of rotatable bonds is 2. The molecule has 0 bridgehead atoms. The average molecular weight is 279 g/mol. The number of amides is 1. The molecule has 0 aliphatic carbocycles. The molecule has 0 unspecified atom stereocenters. The van der Waals surface area contributed by atoms with Gasteiger partial charge in [0.05, 0.1) is 6.54 Å². The molecule has 1 aromatic carbocycles. The third-order valence-corrected chi connectivity index (χ3v) is 2.97. The average Bonchev–Trinajstić information content (AvgIpc) is 2.46.